The number of benzene rings is 4. The van der Waals surface area contributed by atoms with E-state index in [9.17, 15) is 0 Å². The molecule has 0 saturated heterocycles. The Morgan fingerprint density at radius 2 is 1.37 bits per heavy atom. The average molecular weight is 679 g/mol. The summed E-state index contributed by atoms with van der Waals surface area (Å²) >= 11 is 0. The van der Waals surface area contributed by atoms with Gasteiger partial charge in [0.1, 0.15) is 0 Å². The smallest absolute Gasteiger partial charge is 0.0534 e. The van der Waals surface area contributed by atoms with Crippen molar-refractivity contribution in [1.29, 1.82) is 0 Å². The Morgan fingerprint density at radius 1 is 0.737 bits per heavy atom. The molecule has 0 N–H and O–H groups in total. The van der Waals surface area contributed by atoms with Crippen LogP contribution in [0.5, 0.6) is 11.5 Å². The molecule has 5 nitrogen and oxygen atoms in total. The van der Waals surface area contributed by atoms with Crippen LogP contribution in [0.3, 0.4) is 0 Å². The number of rotatable bonds is 6. The third-order valence-corrected chi connectivity index (χ3v) is 6.84. The molecular formula is C32H27N4OPt-3. The second kappa shape index (κ2) is 10.5. The zero-order valence-electron chi connectivity index (χ0n) is 21.4. The van der Waals surface area contributed by atoms with Gasteiger partial charge in [-0.05, 0) is 30.4 Å². The van der Waals surface area contributed by atoms with Crippen LogP contribution in [-0.4, -0.2) is 16.8 Å². The second-order valence-electron chi connectivity index (χ2n) is 9.65. The van der Waals surface area contributed by atoms with Gasteiger partial charge in [-0.2, -0.15) is 23.9 Å². The number of hydrogen-bond acceptors (Lipinski definition) is 4. The number of aromatic nitrogens is 2. The minimum Gasteiger partial charge on any atom is -0.509 e. The molecule has 0 atom stereocenters. The summed E-state index contributed by atoms with van der Waals surface area (Å²) in [6.45, 7) is 6.48. The van der Waals surface area contributed by atoms with Crippen molar-refractivity contribution in [3.8, 4) is 17.2 Å². The van der Waals surface area contributed by atoms with Crippen molar-refractivity contribution in [2.45, 2.75) is 19.3 Å². The van der Waals surface area contributed by atoms with Gasteiger partial charge in [0, 0.05) is 61.1 Å². The molecule has 0 saturated carbocycles. The summed E-state index contributed by atoms with van der Waals surface area (Å²) < 4.78 is 8.04. The number of ether oxygens (including phenoxy) is 1. The topological polar surface area (TPSA) is 33.5 Å². The van der Waals surface area contributed by atoms with Crippen LogP contribution < -0.4 is 14.5 Å². The van der Waals surface area contributed by atoms with Crippen LogP contribution in [0.2, 0.25) is 0 Å². The first kappa shape index (κ1) is 25.8. The van der Waals surface area contributed by atoms with Gasteiger partial charge in [0.25, 0.3) is 0 Å². The molecule has 0 spiro atoms. The van der Waals surface area contributed by atoms with Gasteiger partial charge < -0.3 is 14.5 Å². The van der Waals surface area contributed by atoms with Crippen molar-refractivity contribution >= 4 is 17.1 Å². The van der Waals surface area contributed by atoms with Gasteiger partial charge in [-0.25, -0.2) is 0 Å². The molecule has 0 aliphatic carbocycles. The summed E-state index contributed by atoms with van der Waals surface area (Å²) in [7, 11) is 2.04. The summed E-state index contributed by atoms with van der Waals surface area (Å²) in [6, 6.07) is 37.3. The summed E-state index contributed by atoms with van der Waals surface area (Å²) in [5.41, 5.74) is 6.19. The first-order valence-corrected chi connectivity index (χ1v) is 12.3. The third kappa shape index (κ3) is 4.87. The van der Waals surface area contributed by atoms with E-state index in [4.69, 9.17) is 4.74 Å². The summed E-state index contributed by atoms with van der Waals surface area (Å²) in [5.74, 6) is 1.23. The van der Waals surface area contributed by atoms with Gasteiger partial charge in [0.2, 0.25) is 0 Å². The molecule has 5 aromatic rings. The average Bonchev–Trinajstić information content (AvgIpc) is 3.56. The van der Waals surface area contributed by atoms with Crippen molar-refractivity contribution in [1.82, 2.24) is 9.78 Å². The molecule has 6 rings (SSSR count). The molecule has 6 heteroatoms. The Bertz CT molecular complexity index is 1550. The first-order chi connectivity index (χ1) is 18.0. The fourth-order valence-electron chi connectivity index (χ4n) is 4.64. The van der Waals surface area contributed by atoms with E-state index in [0.29, 0.717) is 11.5 Å². The number of anilines is 3. The molecule has 4 aromatic carbocycles. The van der Waals surface area contributed by atoms with Crippen LogP contribution in [0, 0.1) is 18.8 Å². The van der Waals surface area contributed by atoms with Gasteiger partial charge >= 0.3 is 0 Å². The fraction of sp³-hybridized carbons (Fsp3) is 0.125. The molecule has 0 fully saturated rings. The normalized spacial score (nSPS) is 12.7. The van der Waals surface area contributed by atoms with Gasteiger partial charge in [-0.15, -0.1) is 42.1 Å². The van der Waals surface area contributed by atoms with Crippen LogP contribution in [0.25, 0.3) is 5.69 Å². The van der Waals surface area contributed by atoms with E-state index in [1.165, 1.54) is 5.56 Å². The Balaban J connectivity index is 0.00000294. The van der Waals surface area contributed by atoms with Crippen LogP contribution >= 0.6 is 0 Å². The number of hydrogen-bond donors (Lipinski definition) is 0. The van der Waals surface area contributed by atoms with Gasteiger partial charge in [-0.1, -0.05) is 56.3 Å². The maximum Gasteiger partial charge on any atom is 0.0534 e. The number of para-hydroxylation sites is 2. The maximum absolute atomic E-state index is 6.19. The maximum atomic E-state index is 6.19. The summed E-state index contributed by atoms with van der Waals surface area (Å²) in [5, 5.41) is 4.63. The van der Waals surface area contributed by atoms with Crippen molar-refractivity contribution < 1.29 is 25.8 Å². The van der Waals surface area contributed by atoms with E-state index in [2.05, 4.69) is 90.1 Å². The number of nitrogens with zero attached hydrogens (tertiary/aromatic N) is 4. The van der Waals surface area contributed by atoms with Gasteiger partial charge in [-0.3, -0.25) is 4.68 Å². The molecule has 1 aliphatic rings. The van der Waals surface area contributed by atoms with Crippen LogP contribution in [0.4, 0.5) is 17.1 Å². The van der Waals surface area contributed by atoms with Crippen LogP contribution in [0.15, 0.2) is 103 Å². The predicted molar refractivity (Wildman–Crippen MR) is 148 cm³/mol. The molecule has 1 aliphatic heterocycles. The van der Waals surface area contributed by atoms with E-state index >= 15 is 0 Å². The molecule has 1 aromatic heterocycles. The Labute approximate surface area is 238 Å². The van der Waals surface area contributed by atoms with E-state index < -0.39 is 0 Å². The SMILES string of the molecule is CN1[CH-]N(c2[c-]c(Oc3[c-]c(-n4cc(C(C)(C)c5ccccc5)cn4)ccc3)ccc2)c2ccccc21.[Pt]. The van der Waals surface area contributed by atoms with Crippen molar-refractivity contribution in [3.05, 3.63) is 133 Å². The van der Waals surface area contributed by atoms with Crippen molar-refractivity contribution in [3.63, 3.8) is 0 Å². The van der Waals surface area contributed by atoms with Crippen molar-refractivity contribution in [2.24, 2.45) is 0 Å². The Hall–Kier alpha value is -3.82. The van der Waals surface area contributed by atoms with Crippen molar-refractivity contribution in [2.75, 3.05) is 16.8 Å². The molecular weight excluding hydrogens is 651 g/mol. The summed E-state index contributed by atoms with van der Waals surface area (Å²) in [6.07, 6.45) is 3.99. The fourth-order valence-corrected chi connectivity index (χ4v) is 4.64. The predicted octanol–water partition coefficient (Wildman–Crippen LogP) is 7.30. The Kier molecular flexibility index (Phi) is 7.14. The van der Waals surface area contributed by atoms with E-state index in [1.54, 1.807) is 0 Å². The van der Waals surface area contributed by atoms with E-state index in [0.717, 1.165) is 28.3 Å². The van der Waals surface area contributed by atoms with Crippen LogP contribution in [-0.2, 0) is 26.5 Å². The quantitative estimate of drug-likeness (QED) is 0.177. The third-order valence-electron chi connectivity index (χ3n) is 6.84. The minimum absolute atomic E-state index is 0. The zero-order chi connectivity index (χ0) is 25.4. The molecule has 194 valence electrons. The summed E-state index contributed by atoms with van der Waals surface area (Å²) in [4.78, 5) is 4.22. The first-order valence-electron chi connectivity index (χ1n) is 12.3. The monoisotopic (exact) mass is 678 g/mol. The molecule has 38 heavy (non-hydrogen) atoms. The standard InChI is InChI=1S/C32H27N4O.Pt/c1-32(2,24-11-5-4-6-12-24)25-21-33-36(22-25)27-14-10-16-29(20-27)37-28-15-9-13-26(19-28)35-23-34(3)30-17-7-8-18-31(30)35;/h4-18,21-23H,1-3H3;/q-3;. The molecule has 0 radical (unpaired) electrons. The minimum atomic E-state index is -0.164. The Morgan fingerprint density at radius 3 is 2.11 bits per heavy atom. The molecule has 0 bridgehead atoms. The van der Waals surface area contributed by atoms with Gasteiger partial charge in [0.15, 0.2) is 0 Å². The second-order valence-corrected chi connectivity index (χ2v) is 9.65. The number of fused-ring (bicyclic) bond motifs is 1. The molecule has 0 amide bonds. The van der Waals surface area contributed by atoms with E-state index in [-0.39, 0.29) is 26.5 Å². The van der Waals surface area contributed by atoms with E-state index in [1.807, 2.05) is 72.5 Å². The van der Waals surface area contributed by atoms with Gasteiger partial charge in [0.05, 0.1) is 6.20 Å². The van der Waals surface area contributed by atoms with Crippen LogP contribution in [0.1, 0.15) is 25.0 Å². The molecule has 0 unspecified atom stereocenters. The molecule has 2 heterocycles. The zero-order valence-corrected chi connectivity index (χ0v) is 23.7. The largest absolute Gasteiger partial charge is 0.509 e.